The van der Waals surface area contributed by atoms with Crippen molar-refractivity contribution >= 4 is 0 Å². The average Bonchev–Trinajstić information content (AvgIpc) is 2.75. The zero-order chi connectivity index (χ0) is 13.3. The van der Waals surface area contributed by atoms with E-state index in [1.165, 1.54) is 6.07 Å². The Labute approximate surface area is 105 Å². The molecule has 0 N–H and O–H groups in total. The van der Waals surface area contributed by atoms with Crippen LogP contribution in [0.3, 0.4) is 0 Å². The lowest BCUT2D eigenvalue weighted by atomic mass is 9.99. The fourth-order valence-corrected chi connectivity index (χ4v) is 1.77. The number of rotatable bonds is 3. The molecule has 0 aliphatic carbocycles. The maximum Gasteiger partial charge on any atom is 0.261 e. The van der Waals surface area contributed by atoms with E-state index in [-0.39, 0.29) is 23.2 Å². The average molecular weight is 250 g/mol. The molecule has 0 radical (unpaired) electrons. The summed E-state index contributed by atoms with van der Waals surface area (Å²) >= 11 is 0. The Balaban J connectivity index is 2.56. The first-order valence-electron chi connectivity index (χ1n) is 5.71. The van der Waals surface area contributed by atoms with E-state index in [0.717, 1.165) is 5.56 Å². The molecule has 0 unspecified atom stereocenters. The van der Waals surface area contributed by atoms with Crippen LogP contribution in [0.5, 0.6) is 5.75 Å². The molecule has 0 aliphatic heterocycles. The fourth-order valence-electron chi connectivity index (χ4n) is 1.77. The third kappa shape index (κ3) is 2.20. The number of nitrogens with zero attached hydrogens (tertiary/aromatic N) is 2. The number of hydrogen-bond acceptors (Lipinski definition) is 4. The van der Waals surface area contributed by atoms with E-state index < -0.39 is 0 Å². The van der Waals surface area contributed by atoms with E-state index in [9.17, 15) is 4.39 Å². The molecule has 0 spiro atoms. The molecule has 0 fully saturated rings. The zero-order valence-electron chi connectivity index (χ0n) is 10.8. The molecule has 0 saturated carbocycles. The lowest BCUT2D eigenvalue weighted by molar-refractivity contribution is 0.403. The van der Waals surface area contributed by atoms with Gasteiger partial charge < -0.3 is 9.26 Å². The molecule has 0 saturated heterocycles. The van der Waals surface area contributed by atoms with Crippen molar-refractivity contribution in [1.29, 1.82) is 0 Å². The Morgan fingerprint density at radius 3 is 2.56 bits per heavy atom. The molecule has 2 aromatic rings. The van der Waals surface area contributed by atoms with E-state index in [1.54, 1.807) is 20.1 Å². The molecular weight excluding hydrogens is 235 g/mol. The minimum Gasteiger partial charge on any atom is -0.496 e. The zero-order valence-corrected chi connectivity index (χ0v) is 10.8. The predicted molar refractivity (Wildman–Crippen MR) is 65.1 cm³/mol. The summed E-state index contributed by atoms with van der Waals surface area (Å²) in [6, 6.07) is 3.05. The Bertz CT molecular complexity index is 564. The van der Waals surface area contributed by atoms with Gasteiger partial charge in [0.15, 0.2) is 5.82 Å². The van der Waals surface area contributed by atoms with Gasteiger partial charge in [0.1, 0.15) is 11.6 Å². The first-order chi connectivity index (χ1) is 8.52. The standard InChI is InChI=1S/C13H15FN2O2/c1-7(2)9-5-11(14)10(6-12(9)17-4)13-15-8(3)16-18-13/h5-7H,1-4H3. The first-order valence-corrected chi connectivity index (χ1v) is 5.71. The van der Waals surface area contributed by atoms with Crippen molar-refractivity contribution in [3.63, 3.8) is 0 Å². The number of ether oxygens (including phenoxy) is 1. The van der Waals surface area contributed by atoms with E-state index in [4.69, 9.17) is 9.26 Å². The molecule has 1 aromatic heterocycles. The number of aromatic nitrogens is 2. The molecule has 2 rings (SSSR count). The van der Waals surface area contributed by atoms with Crippen LogP contribution in [-0.2, 0) is 0 Å². The quantitative estimate of drug-likeness (QED) is 0.838. The summed E-state index contributed by atoms with van der Waals surface area (Å²) in [5.41, 5.74) is 1.08. The molecule has 1 aromatic carbocycles. The maximum absolute atomic E-state index is 14.0. The van der Waals surface area contributed by atoms with Gasteiger partial charge in [-0.2, -0.15) is 4.98 Å². The Morgan fingerprint density at radius 1 is 1.33 bits per heavy atom. The van der Waals surface area contributed by atoms with E-state index in [0.29, 0.717) is 11.6 Å². The van der Waals surface area contributed by atoms with Crippen molar-refractivity contribution < 1.29 is 13.7 Å². The molecule has 0 atom stereocenters. The summed E-state index contributed by atoms with van der Waals surface area (Å²) in [7, 11) is 1.56. The van der Waals surface area contributed by atoms with Gasteiger partial charge >= 0.3 is 0 Å². The third-order valence-electron chi connectivity index (χ3n) is 2.70. The number of benzene rings is 1. The van der Waals surface area contributed by atoms with Gasteiger partial charge in [-0.25, -0.2) is 4.39 Å². The second-order valence-electron chi connectivity index (χ2n) is 4.38. The summed E-state index contributed by atoms with van der Waals surface area (Å²) in [6.45, 7) is 5.65. The summed E-state index contributed by atoms with van der Waals surface area (Å²) < 4.78 is 24.3. The summed E-state index contributed by atoms with van der Waals surface area (Å²) in [5, 5.41) is 3.65. The van der Waals surface area contributed by atoms with Crippen LogP contribution >= 0.6 is 0 Å². The van der Waals surface area contributed by atoms with Crippen LogP contribution in [0.15, 0.2) is 16.7 Å². The highest BCUT2D eigenvalue weighted by Crippen LogP contribution is 2.33. The van der Waals surface area contributed by atoms with Crippen LogP contribution in [0.1, 0.15) is 31.2 Å². The van der Waals surface area contributed by atoms with Crippen LogP contribution in [0.25, 0.3) is 11.5 Å². The van der Waals surface area contributed by atoms with Gasteiger partial charge in [-0.3, -0.25) is 0 Å². The highest BCUT2D eigenvalue weighted by atomic mass is 19.1. The van der Waals surface area contributed by atoms with Gasteiger partial charge in [0.05, 0.1) is 12.7 Å². The normalized spacial score (nSPS) is 11.0. The van der Waals surface area contributed by atoms with E-state index in [2.05, 4.69) is 10.1 Å². The van der Waals surface area contributed by atoms with Gasteiger partial charge in [-0.05, 0) is 30.5 Å². The third-order valence-corrected chi connectivity index (χ3v) is 2.70. The molecule has 1 heterocycles. The molecule has 0 bridgehead atoms. The number of methoxy groups -OCH3 is 1. The number of hydrogen-bond donors (Lipinski definition) is 0. The van der Waals surface area contributed by atoms with Crippen molar-refractivity contribution in [3.8, 4) is 17.2 Å². The molecule has 4 nitrogen and oxygen atoms in total. The molecule has 0 aliphatic rings. The number of halogens is 1. The summed E-state index contributed by atoms with van der Waals surface area (Å²) in [4.78, 5) is 4.02. The van der Waals surface area contributed by atoms with Crippen molar-refractivity contribution in [2.24, 2.45) is 0 Å². The van der Waals surface area contributed by atoms with Gasteiger partial charge in [0.2, 0.25) is 0 Å². The molecule has 96 valence electrons. The Kier molecular flexibility index (Phi) is 3.32. The van der Waals surface area contributed by atoms with Crippen LogP contribution in [0, 0.1) is 12.7 Å². The van der Waals surface area contributed by atoms with Gasteiger partial charge in [0, 0.05) is 0 Å². The van der Waals surface area contributed by atoms with Gasteiger partial charge in [-0.1, -0.05) is 19.0 Å². The predicted octanol–water partition coefficient (Wildman–Crippen LogP) is 3.32. The van der Waals surface area contributed by atoms with E-state index >= 15 is 0 Å². The van der Waals surface area contributed by atoms with Crippen LogP contribution in [-0.4, -0.2) is 17.3 Å². The topological polar surface area (TPSA) is 48.2 Å². The minimum absolute atomic E-state index is 0.165. The molecular formula is C13H15FN2O2. The lowest BCUT2D eigenvalue weighted by Gasteiger charge is -2.13. The van der Waals surface area contributed by atoms with Gasteiger partial charge in [-0.15, -0.1) is 0 Å². The van der Waals surface area contributed by atoms with Gasteiger partial charge in [0.25, 0.3) is 5.89 Å². The highest BCUT2D eigenvalue weighted by molar-refractivity contribution is 5.59. The SMILES string of the molecule is COc1cc(-c2nc(C)no2)c(F)cc1C(C)C. The molecule has 18 heavy (non-hydrogen) atoms. The molecule has 5 heteroatoms. The lowest BCUT2D eigenvalue weighted by Crippen LogP contribution is -1.97. The summed E-state index contributed by atoms with van der Waals surface area (Å²) in [6.07, 6.45) is 0. The minimum atomic E-state index is -0.386. The number of aryl methyl sites for hydroxylation is 1. The summed E-state index contributed by atoms with van der Waals surface area (Å²) in [5.74, 6) is 1.04. The first kappa shape index (κ1) is 12.5. The highest BCUT2D eigenvalue weighted by Gasteiger charge is 2.17. The monoisotopic (exact) mass is 250 g/mol. The largest absolute Gasteiger partial charge is 0.496 e. The van der Waals surface area contributed by atoms with Crippen LogP contribution in [0.4, 0.5) is 4.39 Å². The molecule has 0 amide bonds. The Morgan fingerprint density at radius 2 is 2.06 bits per heavy atom. The second-order valence-corrected chi connectivity index (χ2v) is 4.38. The van der Waals surface area contributed by atoms with Crippen molar-refractivity contribution in [3.05, 3.63) is 29.3 Å². The second kappa shape index (κ2) is 4.76. The van der Waals surface area contributed by atoms with Crippen LogP contribution in [0.2, 0.25) is 0 Å². The fraction of sp³-hybridized carbons (Fsp3) is 0.385. The Hall–Kier alpha value is -1.91. The smallest absolute Gasteiger partial charge is 0.261 e. The van der Waals surface area contributed by atoms with Crippen LogP contribution < -0.4 is 4.74 Å². The van der Waals surface area contributed by atoms with E-state index in [1.807, 2.05) is 13.8 Å². The maximum atomic E-state index is 14.0. The van der Waals surface area contributed by atoms with Crippen molar-refractivity contribution in [1.82, 2.24) is 10.1 Å². The van der Waals surface area contributed by atoms with Crippen molar-refractivity contribution in [2.45, 2.75) is 26.7 Å². The van der Waals surface area contributed by atoms with Crippen molar-refractivity contribution in [2.75, 3.05) is 7.11 Å².